The van der Waals surface area contributed by atoms with Crippen molar-refractivity contribution in [2.24, 2.45) is 5.41 Å². The Morgan fingerprint density at radius 3 is 2.86 bits per heavy atom. The standard InChI is InChI=1S/C11H12N2S/c1-11(4-5-11)8-14-10-3-2-9(6-12)13-7-10/h2-3,7H,4-5,8H2,1H3. The maximum absolute atomic E-state index is 8.58. The third-order valence-electron chi connectivity index (χ3n) is 2.54. The molecule has 1 aliphatic carbocycles. The fourth-order valence-electron chi connectivity index (χ4n) is 1.15. The lowest BCUT2D eigenvalue weighted by atomic mass is 10.2. The highest BCUT2D eigenvalue weighted by Crippen LogP contribution is 2.48. The van der Waals surface area contributed by atoms with Crippen LogP contribution in [0.15, 0.2) is 23.2 Å². The molecule has 0 spiro atoms. The van der Waals surface area contributed by atoms with Crippen LogP contribution in [0, 0.1) is 16.7 Å². The van der Waals surface area contributed by atoms with Crippen molar-refractivity contribution in [2.75, 3.05) is 5.75 Å². The van der Waals surface area contributed by atoms with Gasteiger partial charge in [-0.3, -0.25) is 0 Å². The average Bonchev–Trinajstić information content (AvgIpc) is 2.95. The van der Waals surface area contributed by atoms with Crippen LogP contribution in [0.2, 0.25) is 0 Å². The van der Waals surface area contributed by atoms with E-state index < -0.39 is 0 Å². The van der Waals surface area contributed by atoms with Crippen molar-refractivity contribution in [1.29, 1.82) is 5.26 Å². The summed E-state index contributed by atoms with van der Waals surface area (Å²) in [5.41, 5.74) is 1.06. The number of hydrogen-bond acceptors (Lipinski definition) is 3. The molecule has 1 aromatic heterocycles. The highest BCUT2D eigenvalue weighted by atomic mass is 32.2. The zero-order valence-electron chi connectivity index (χ0n) is 8.16. The monoisotopic (exact) mass is 204 g/mol. The Morgan fingerprint density at radius 2 is 2.36 bits per heavy atom. The van der Waals surface area contributed by atoms with Gasteiger partial charge in [0, 0.05) is 16.8 Å². The lowest BCUT2D eigenvalue weighted by Crippen LogP contribution is -1.96. The molecule has 0 atom stereocenters. The molecule has 0 N–H and O–H groups in total. The predicted octanol–water partition coefficient (Wildman–Crippen LogP) is 2.85. The minimum atomic E-state index is 0.493. The Kier molecular flexibility index (Phi) is 2.47. The Balaban J connectivity index is 1.94. The molecule has 2 rings (SSSR count). The summed E-state index contributed by atoms with van der Waals surface area (Å²) in [6.45, 7) is 2.32. The molecule has 1 aromatic rings. The molecule has 1 heterocycles. The van der Waals surface area contributed by atoms with Crippen LogP contribution in [0.4, 0.5) is 0 Å². The molecule has 0 unspecified atom stereocenters. The number of rotatable bonds is 3. The number of hydrogen-bond donors (Lipinski definition) is 0. The molecule has 3 heteroatoms. The number of nitrogens with zero attached hydrogens (tertiary/aromatic N) is 2. The van der Waals surface area contributed by atoms with Crippen LogP contribution in [-0.4, -0.2) is 10.7 Å². The molecule has 1 saturated carbocycles. The van der Waals surface area contributed by atoms with E-state index in [0.29, 0.717) is 11.1 Å². The van der Waals surface area contributed by atoms with Crippen molar-refractivity contribution in [3.05, 3.63) is 24.0 Å². The van der Waals surface area contributed by atoms with Crippen molar-refractivity contribution in [1.82, 2.24) is 4.98 Å². The van der Waals surface area contributed by atoms with Gasteiger partial charge >= 0.3 is 0 Å². The van der Waals surface area contributed by atoms with E-state index in [1.165, 1.54) is 18.6 Å². The molecule has 0 radical (unpaired) electrons. The Labute approximate surface area is 88.4 Å². The average molecular weight is 204 g/mol. The van der Waals surface area contributed by atoms with E-state index in [1.54, 1.807) is 12.3 Å². The summed E-state index contributed by atoms with van der Waals surface area (Å²) in [6, 6.07) is 5.77. The summed E-state index contributed by atoms with van der Waals surface area (Å²) in [5.74, 6) is 1.17. The smallest absolute Gasteiger partial charge is 0.140 e. The molecule has 14 heavy (non-hydrogen) atoms. The summed E-state index contributed by atoms with van der Waals surface area (Å²) in [6.07, 6.45) is 4.49. The molecule has 2 nitrogen and oxygen atoms in total. The van der Waals surface area contributed by atoms with Crippen LogP contribution in [0.3, 0.4) is 0 Å². The molecular weight excluding hydrogens is 192 g/mol. The number of thioether (sulfide) groups is 1. The second-order valence-electron chi connectivity index (χ2n) is 4.09. The first-order chi connectivity index (χ1) is 6.72. The first-order valence-corrected chi connectivity index (χ1v) is 5.69. The lowest BCUT2D eigenvalue weighted by Gasteiger charge is -2.06. The van der Waals surface area contributed by atoms with Crippen molar-refractivity contribution in [3.63, 3.8) is 0 Å². The Hall–Kier alpha value is -1.01. The van der Waals surface area contributed by atoms with Crippen molar-refractivity contribution in [3.8, 4) is 6.07 Å². The third-order valence-corrected chi connectivity index (χ3v) is 3.96. The van der Waals surface area contributed by atoms with Gasteiger partial charge in [-0.2, -0.15) is 5.26 Å². The number of nitriles is 1. The van der Waals surface area contributed by atoms with Gasteiger partial charge in [-0.05, 0) is 30.4 Å². The topological polar surface area (TPSA) is 36.7 Å². The second kappa shape index (κ2) is 3.62. The van der Waals surface area contributed by atoms with E-state index in [0.717, 1.165) is 4.90 Å². The Bertz CT molecular complexity index is 360. The SMILES string of the molecule is CC1(CSc2ccc(C#N)nc2)CC1. The largest absolute Gasteiger partial charge is 0.244 e. The maximum atomic E-state index is 8.58. The van der Waals surface area contributed by atoms with E-state index >= 15 is 0 Å². The molecule has 0 saturated heterocycles. The van der Waals surface area contributed by atoms with Gasteiger partial charge in [0.2, 0.25) is 0 Å². The van der Waals surface area contributed by atoms with Gasteiger partial charge in [0.25, 0.3) is 0 Å². The molecule has 72 valence electrons. The quantitative estimate of drug-likeness (QED) is 0.710. The van der Waals surface area contributed by atoms with Gasteiger partial charge in [0.1, 0.15) is 11.8 Å². The third kappa shape index (κ3) is 2.27. The normalized spacial score (nSPS) is 17.4. The zero-order chi connectivity index (χ0) is 10.0. The number of aromatic nitrogens is 1. The van der Waals surface area contributed by atoms with Crippen LogP contribution < -0.4 is 0 Å². The van der Waals surface area contributed by atoms with Crippen LogP contribution in [-0.2, 0) is 0 Å². The van der Waals surface area contributed by atoms with Crippen molar-refractivity contribution < 1.29 is 0 Å². The predicted molar refractivity (Wildman–Crippen MR) is 57.0 cm³/mol. The molecule has 0 bridgehead atoms. The van der Waals surface area contributed by atoms with Gasteiger partial charge in [-0.25, -0.2) is 4.98 Å². The van der Waals surface area contributed by atoms with Gasteiger partial charge in [-0.15, -0.1) is 11.8 Å². The first-order valence-electron chi connectivity index (χ1n) is 4.71. The fourth-order valence-corrected chi connectivity index (χ4v) is 2.24. The van der Waals surface area contributed by atoms with Crippen LogP contribution in [0.5, 0.6) is 0 Å². The highest BCUT2D eigenvalue weighted by Gasteiger charge is 2.36. The highest BCUT2D eigenvalue weighted by molar-refractivity contribution is 7.99. The molecule has 0 aromatic carbocycles. The van der Waals surface area contributed by atoms with E-state index in [1.807, 2.05) is 23.9 Å². The molecule has 1 aliphatic rings. The van der Waals surface area contributed by atoms with Gasteiger partial charge in [0.15, 0.2) is 0 Å². The number of pyridine rings is 1. The fraction of sp³-hybridized carbons (Fsp3) is 0.455. The van der Waals surface area contributed by atoms with E-state index in [2.05, 4.69) is 11.9 Å². The summed E-state index contributed by atoms with van der Waals surface area (Å²) in [4.78, 5) is 5.20. The van der Waals surface area contributed by atoms with Gasteiger partial charge in [-0.1, -0.05) is 6.92 Å². The van der Waals surface area contributed by atoms with E-state index in [9.17, 15) is 0 Å². The molecular formula is C11H12N2S. The summed E-state index contributed by atoms with van der Waals surface area (Å²) in [5, 5.41) is 8.58. The zero-order valence-corrected chi connectivity index (χ0v) is 8.97. The maximum Gasteiger partial charge on any atom is 0.140 e. The first kappa shape index (κ1) is 9.54. The Morgan fingerprint density at radius 1 is 1.57 bits per heavy atom. The minimum absolute atomic E-state index is 0.493. The minimum Gasteiger partial charge on any atom is -0.244 e. The summed E-state index contributed by atoms with van der Waals surface area (Å²) < 4.78 is 0. The lowest BCUT2D eigenvalue weighted by molar-refractivity contribution is 0.666. The van der Waals surface area contributed by atoms with Crippen molar-refractivity contribution in [2.45, 2.75) is 24.7 Å². The van der Waals surface area contributed by atoms with Crippen LogP contribution in [0.1, 0.15) is 25.5 Å². The van der Waals surface area contributed by atoms with Crippen molar-refractivity contribution >= 4 is 11.8 Å². The van der Waals surface area contributed by atoms with Gasteiger partial charge in [0.05, 0.1) is 0 Å². The van der Waals surface area contributed by atoms with Crippen LogP contribution in [0.25, 0.3) is 0 Å². The molecule has 0 amide bonds. The second-order valence-corrected chi connectivity index (χ2v) is 5.14. The van der Waals surface area contributed by atoms with Crippen LogP contribution >= 0.6 is 11.8 Å². The van der Waals surface area contributed by atoms with E-state index in [-0.39, 0.29) is 0 Å². The molecule has 0 aliphatic heterocycles. The molecule has 1 fully saturated rings. The summed E-state index contributed by atoms with van der Waals surface area (Å²) in [7, 11) is 0. The summed E-state index contributed by atoms with van der Waals surface area (Å²) >= 11 is 1.84. The van der Waals surface area contributed by atoms with Gasteiger partial charge < -0.3 is 0 Å². The van der Waals surface area contributed by atoms with E-state index in [4.69, 9.17) is 5.26 Å².